The van der Waals surface area contributed by atoms with E-state index >= 15 is 0 Å². The summed E-state index contributed by atoms with van der Waals surface area (Å²) in [5.74, 6) is -4.28. The number of fused-ring (bicyclic) bond motifs is 1. The monoisotopic (exact) mass is 628 g/mol. The summed E-state index contributed by atoms with van der Waals surface area (Å²) in [7, 11) is 0. The molecule has 4 atom stereocenters. The normalized spacial score (nSPS) is 19.5. The molecule has 1 aromatic heterocycles. The zero-order chi connectivity index (χ0) is 32.8. The zero-order valence-electron chi connectivity index (χ0n) is 27.1. The summed E-state index contributed by atoms with van der Waals surface area (Å²) in [4.78, 5) is 39.2. The number of rotatable bonds is 14. The van der Waals surface area contributed by atoms with Crippen LogP contribution in [0.5, 0.6) is 0 Å². The number of ether oxygens (including phenoxy) is 1. The number of carbonyl (C=O) groups is 3. The summed E-state index contributed by atoms with van der Waals surface area (Å²) < 4.78 is 5.35. The maximum Gasteiger partial charge on any atom is 0.328 e. The van der Waals surface area contributed by atoms with Crippen LogP contribution in [0, 0.1) is 5.92 Å². The predicted molar refractivity (Wildman–Crippen MR) is 173 cm³/mol. The molecule has 3 aromatic rings. The summed E-state index contributed by atoms with van der Waals surface area (Å²) in [6, 6.07) is 15.9. The minimum absolute atomic E-state index is 0.169. The van der Waals surface area contributed by atoms with Crippen molar-refractivity contribution in [2.24, 2.45) is 5.92 Å². The number of unbranched alkanes of at least 4 members (excludes halogenated alkanes) is 2. The van der Waals surface area contributed by atoms with Gasteiger partial charge in [0.15, 0.2) is 11.6 Å². The van der Waals surface area contributed by atoms with Gasteiger partial charge in [0.2, 0.25) is 5.92 Å². The standard InChI is InChI=1S/C35H44N6O5/c1-5-7-8-13-29-26(20-24-15-17-25(18-16-24)27-11-9-10-12-28(27)33-36-38-39-37-33)21-40-22(3)14-19-30(41(29)40)32(42)31(34(43)44)35(45)46-23(4)6-2/h9-12,15-18,22-23,30-31H,5-8,13-14,19-21H2,1-4H3,(H,43,44)(H,36,37,38,39). The molecule has 1 saturated heterocycles. The molecule has 3 heterocycles. The van der Waals surface area contributed by atoms with Gasteiger partial charge < -0.3 is 9.84 Å². The molecule has 0 bridgehead atoms. The number of hydrazine groups is 1. The van der Waals surface area contributed by atoms with E-state index in [-0.39, 0.29) is 6.04 Å². The molecule has 0 radical (unpaired) electrons. The Kier molecular flexibility index (Phi) is 10.6. The van der Waals surface area contributed by atoms with E-state index < -0.39 is 35.8 Å². The molecule has 0 spiro atoms. The minimum atomic E-state index is -1.85. The smallest absolute Gasteiger partial charge is 0.328 e. The lowest BCUT2D eigenvalue weighted by molar-refractivity contribution is -0.168. The van der Waals surface area contributed by atoms with E-state index in [0.29, 0.717) is 31.6 Å². The highest BCUT2D eigenvalue weighted by molar-refractivity contribution is 6.16. The highest BCUT2D eigenvalue weighted by Crippen LogP contribution is 2.39. The van der Waals surface area contributed by atoms with Crippen LogP contribution in [-0.4, -0.2) is 78.2 Å². The molecule has 1 fully saturated rings. The maximum absolute atomic E-state index is 13.9. The number of hydrogen-bond donors (Lipinski definition) is 2. The van der Waals surface area contributed by atoms with E-state index in [2.05, 4.69) is 63.7 Å². The number of nitrogens with zero attached hydrogens (tertiary/aromatic N) is 5. The third-order valence-corrected chi connectivity index (χ3v) is 9.19. The van der Waals surface area contributed by atoms with Gasteiger partial charge in [-0.3, -0.25) is 19.4 Å². The molecule has 0 amide bonds. The van der Waals surface area contributed by atoms with Crippen molar-refractivity contribution >= 4 is 17.7 Å². The number of hydrogen-bond acceptors (Lipinski definition) is 9. The fourth-order valence-electron chi connectivity index (χ4n) is 6.48. The Morgan fingerprint density at radius 1 is 1.04 bits per heavy atom. The first-order valence-corrected chi connectivity index (χ1v) is 16.4. The van der Waals surface area contributed by atoms with Crippen molar-refractivity contribution in [1.29, 1.82) is 0 Å². The van der Waals surface area contributed by atoms with Crippen LogP contribution in [-0.2, 0) is 25.5 Å². The molecular formula is C35H44N6O5. The average Bonchev–Trinajstić information content (AvgIpc) is 3.71. The summed E-state index contributed by atoms with van der Waals surface area (Å²) in [6.45, 7) is 8.50. The number of nitrogens with one attached hydrogen (secondary N) is 1. The SMILES string of the molecule is CCCCCC1=C(Cc2ccc(-c3ccccc3-c3nnn[nH]3)cc2)CN2C(C)CCC(C(=O)C(C(=O)O)C(=O)OC(C)CC)N12. The Morgan fingerprint density at radius 2 is 1.78 bits per heavy atom. The van der Waals surface area contributed by atoms with Gasteiger partial charge in [-0.05, 0) is 85.1 Å². The molecule has 4 unspecified atom stereocenters. The minimum Gasteiger partial charge on any atom is -0.480 e. The Labute approximate surface area is 270 Å². The first-order valence-electron chi connectivity index (χ1n) is 16.4. The van der Waals surface area contributed by atoms with E-state index in [0.717, 1.165) is 60.1 Å². The van der Waals surface area contributed by atoms with Crippen LogP contribution in [0.15, 0.2) is 59.8 Å². The second-order valence-corrected chi connectivity index (χ2v) is 12.4. The Bertz CT molecular complexity index is 1550. The van der Waals surface area contributed by atoms with Gasteiger partial charge in [0.1, 0.15) is 6.04 Å². The number of H-pyrrole nitrogens is 1. The summed E-state index contributed by atoms with van der Waals surface area (Å²) in [5, 5.41) is 28.6. The van der Waals surface area contributed by atoms with Crippen molar-refractivity contribution in [2.75, 3.05) is 6.54 Å². The van der Waals surface area contributed by atoms with Gasteiger partial charge in [0.05, 0.1) is 6.10 Å². The lowest BCUT2D eigenvalue weighted by atomic mass is 9.91. The maximum atomic E-state index is 13.9. The van der Waals surface area contributed by atoms with Crippen LogP contribution in [0.1, 0.15) is 78.2 Å². The lowest BCUT2D eigenvalue weighted by Gasteiger charge is -2.46. The molecule has 2 aromatic carbocycles. The highest BCUT2D eigenvalue weighted by Gasteiger charge is 2.48. The van der Waals surface area contributed by atoms with Gasteiger partial charge in [0, 0.05) is 23.8 Å². The number of tetrazole rings is 1. The van der Waals surface area contributed by atoms with E-state index in [9.17, 15) is 19.5 Å². The highest BCUT2D eigenvalue weighted by atomic mass is 16.5. The van der Waals surface area contributed by atoms with Crippen LogP contribution in [0.4, 0.5) is 0 Å². The number of carboxylic acids is 1. The Morgan fingerprint density at radius 3 is 2.43 bits per heavy atom. The van der Waals surface area contributed by atoms with Crippen molar-refractivity contribution in [3.63, 3.8) is 0 Å². The number of ketones is 1. The number of benzene rings is 2. The number of esters is 1. The van der Waals surface area contributed by atoms with Gasteiger partial charge in [-0.2, -0.15) is 0 Å². The first kappa shape index (κ1) is 33.0. The Hall–Kier alpha value is -4.38. The number of aromatic nitrogens is 4. The number of carboxylic acid groups (broad SMARTS) is 1. The number of Topliss-reactive ketones (excluding diaryl/α,β-unsaturated/α-hetero) is 1. The number of allylic oxidation sites excluding steroid dienone is 1. The van der Waals surface area contributed by atoms with Gasteiger partial charge in [0.25, 0.3) is 0 Å². The Balaban J connectivity index is 1.44. The molecule has 2 N–H and O–H groups in total. The topological polar surface area (TPSA) is 142 Å². The molecule has 0 aliphatic carbocycles. The fraction of sp³-hybridized carbons (Fsp3) is 0.486. The quantitative estimate of drug-likeness (QED) is 0.132. The van der Waals surface area contributed by atoms with E-state index in [1.54, 1.807) is 6.92 Å². The molecule has 5 rings (SSSR count). The van der Waals surface area contributed by atoms with E-state index in [4.69, 9.17) is 4.74 Å². The van der Waals surface area contributed by atoms with Crippen molar-refractivity contribution in [1.82, 2.24) is 30.6 Å². The van der Waals surface area contributed by atoms with Crippen LogP contribution in [0.2, 0.25) is 0 Å². The van der Waals surface area contributed by atoms with Crippen molar-refractivity contribution in [3.8, 4) is 22.5 Å². The molecule has 0 saturated carbocycles. The summed E-state index contributed by atoms with van der Waals surface area (Å²) >= 11 is 0. The van der Waals surface area contributed by atoms with Gasteiger partial charge in [-0.25, -0.2) is 10.1 Å². The van der Waals surface area contributed by atoms with Gasteiger partial charge in [-0.1, -0.05) is 75.2 Å². The van der Waals surface area contributed by atoms with Crippen molar-refractivity contribution < 1.29 is 24.2 Å². The lowest BCUT2D eigenvalue weighted by Crippen LogP contribution is -2.58. The number of aromatic amines is 1. The average molecular weight is 629 g/mol. The van der Waals surface area contributed by atoms with E-state index in [1.165, 1.54) is 5.57 Å². The van der Waals surface area contributed by atoms with Gasteiger partial charge >= 0.3 is 11.9 Å². The summed E-state index contributed by atoms with van der Waals surface area (Å²) in [5.41, 5.74) is 6.42. The second-order valence-electron chi connectivity index (χ2n) is 12.4. The fourth-order valence-corrected chi connectivity index (χ4v) is 6.48. The second kappa shape index (κ2) is 14.8. The third kappa shape index (κ3) is 7.04. The molecule has 2 aliphatic rings. The van der Waals surface area contributed by atoms with Crippen molar-refractivity contribution in [2.45, 2.75) is 97.2 Å². The van der Waals surface area contributed by atoms with Crippen LogP contribution < -0.4 is 0 Å². The predicted octanol–water partition coefficient (Wildman–Crippen LogP) is 5.61. The number of aliphatic carboxylic acids is 1. The van der Waals surface area contributed by atoms with Crippen LogP contribution in [0.25, 0.3) is 22.5 Å². The van der Waals surface area contributed by atoms with Crippen LogP contribution >= 0.6 is 0 Å². The molecule has 11 heteroatoms. The molecule has 2 aliphatic heterocycles. The third-order valence-electron chi connectivity index (χ3n) is 9.19. The first-order chi connectivity index (χ1) is 22.2. The van der Waals surface area contributed by atoms with Gasteiger partial charge in [-0.15, -0.1) is 5.10 Å². The van der Waals surface area contributed by atoms with Crippen molar-refractivity contribution in [3.05, 3.63) is 65.4 Å². The van der Waals surface area contributed by atoms with E-state index in [1.807, 2.05) is 36.2 Å². The number of carbonyl (C=O) groups excluding carboxylic acids is 2. The molecule has 244 valence electrons. The largest absolute Gasteiger partial charge is 0.480 e. The molecule has 11 nitrogen and oxygen atoms in total. The zero-order valence-corrected chi connectivity index (χ0v) is 27.1. The molecular weight excluding hydrogens is 584 g/mol. The van der Waals surface area contributed by atoms with Crippen LogP contribution in [0.3, 0.4) is 0 Å². The summed E-state index contributed by atoms with van der Waals surface area (Å²) in [6.07, 6.45) is 5.82. The molecule has 46 heavy (non-hydrogen) atoms.